The Morgan fingerprint density at radius 3 is 2.35 bits per heavy atom. The van der Waals surface area contributed by atoms with Gasteiger partial charge in [-0.1, -0.05) is 43.6 Å². The topological polar surface area (TPSA) is 0 Å². The maximum atomic E-state index is 3.84. The molecule has 17 heavy (non-hydrogen) atoms. The van der Waals surface area contributed by atoms with Gasteiger partial charge in [0.15, 0.2) is 0 Å². The summed E-state index contributed by atoms with van der Waals surface area (Å²) in [6, 6.07) is 2.25. The van der Waals surface area contributed by atoms with Crippen molar-refractivity contribution in [2.24, 2.45) is 11.3 Å². The van der Waals surface area contributed by atoms with Crippen LogP contribution < -0.4 is 0 Å². The maximum Gasteiger partial charge on any atom is 0.0704 e. The number of hydrogen-bond donors (Lipinski definition) is 0. The van der Waals surface area contributed by atoms with Crippen LogP contribution in [0.25, 0.3) is 0 Å². The van der Waals surface area contributed by atoms with Gasteiger partial charge in [-0.2, -0.15) is 0 Å². The second-order valence-electron chi connectivity index (χ2n) is 6.14. The highest BCUT2D eigenvalue weighted by Gasteiger charge is 2.20. The van der Waals surface area contributed by atoms with Crippen molar-refractivity contribution in [2.75, 3.05) is 0 Å². The molecular weight excluding hydrogens is 360 g/mol. The second kappa shape index (κ2) is 6.21. The summed E-state index contributed by atoms with van der Waals surface area (Å²) in [4.78, 5) is 1.91. The first-order valence-electron chi connectivity index (χ1n) is 6.09. The van der Waals surface area contributed by atoms with Crippen molar-refractivity contribution in [1.29, 1.82) is 0 Å². The zero-order valence-electron chi connectivity index (χ0n) is 11.3. The molecule has 0 N–H and O–H groups in total. The van der Waals surface area contributed by atoms with E-state index in [1.807, 2.05) is 11.3 Å². The van der Waals surface area contributed by atoms with Crippen molar-refractivity contribution in [2.45, 2.75) is 52.3 Å². The van der Waals surface area contributed by atoms with Crippen molar-refractivity contribution >= 4 is 43.2 Å². The van der Waals surface area contributed by atoms with Crippen LogP contribution in [0.1, 0.15) is 55.8 Å². The van der Waals surface area contributed by atoms with Gasteiger partial charge in [-0.15, -0.1) is 11.3 Å². The highest BCUT2D eigenvalue weighted by molar-refractivity contribution is 9.11. The van der Waals surface area contributed by atoms with E-state index in [0.29, 0.717) is 10.2 Å². The van der Waals surface area contributed by atoms with Crippen LogP contribution in [0.15, 0.2) is 9.85 Å². The fourth-order valence-corrected chi connectivity index (χ4v) is 5.42. The van der Waals surface area contributed by atoms with Crippen LogP contribution in [0.4, 0.5) is 0 Å². The van der Waals surface area contributed by atoms with Crippen LogP contribution in [0, 0.1) is 18.3 Å². The molecule has 0 aromatic carbocycles. The van der Waals surface area contributed by atoms with Gasteiger partial charge in [0.2, 0.25) is 0 Å². The summed E-state index contributed by atoms with van der Waals surface area (Å²) >= 11 is 9.23. The summed E-state index contributed by atoms with van der Waals surface area (Å²) < 4.78 is 1.23. The van der Waals surface area contributed by atoms with Crippen LogP contribution in [-0.4, -0.2) is 0 Å². The lowest BCUT2D eigenvalue weighted by Gasteiger charge is -2.24. The lowest BCUT2D eigenvalue weighted by molar-refractivity contribution is 0.296. The van der Waals surface area contributed by atoms with Crippen molar-refractivity contribution in [1.82, 2.24) is 0 Å². The molecule has 98 valence electrons. The summed E-state index contributed by atoms with van der Waals surface area (Å²) in [7, 11) is 0. The van der Waals surface area contributed by atoms with E-state index < -0.39 is 0 Å². The molecule has 2 unspecified atom stereocenters. The van der Waals surface area contributed by atoms with Crippen LogP contribution in [0.2, 0.25) is 0 Å². The number of alkyl halides is 1. The monoisotopic (exact) mass is 380 g/mol. The SMILES string of the molecule is Cc1sc(Br)cc1C(Br)CC(C)CC(C)(C)C. The van der Waals surface area contributed by atoms with E-state index in [9.17, 15) is 0 Å². The maximum absolute atomic E-state index is 3.84. The first-order valence-corrected chi connectivity index (χ1v) is 8.61. The van der Waals surface area contributed by atoms with Gasteiger partial charge in [0.25, 0.3) is 0 Å². The quantitative estimate of drug-likeness (QED) is 0.508. The summed E-state index contributed by atoms with van der Waals surface area (Å²) in [6.45, 7) is 11.5. The standard InChI is InChI=1S/C14H22Br2S/c1-9(8-14(3,4)5)6-12(15)11-7-13(16)17-10(11)2/h7,9,12H,6,8H2,1-5H3. The van der Waals surface area contributed by atoms with Crippen molar-refractivity contribution in [3.8, 4) is 0 Å². The zero-order valence-corrected chi connectivity index (χ0v) is 15.3. The predicted octanol–water partition coefficient (Wildman–Crippen LogP) is 6.72. The molecule has 0 spiro atoms. The van der Waals surface area contributed by atoms with Gasteiger partial charge >= 0.3 is 0 Å². The highest BCUT2D eigenvalue weighted by atomic mass is 79.9. The summed E-state index contributed by atoms with van der Waals surface area (Å²) in [5.41, 5.74) is 1.87. The molecule has 3 heteroatoms. The van der Waals surface area contributed by atoms with Gasteiger partial charge in [-0.05, 0) is 58.7 Å². The summed E-state index contributed by atoms with van der Waals surface area (Å²) in [5, 5.41) is 0. The van der Waals surface area contributed by atoms with Gasteiger partial charge in [-0.25, -0.2) is 0 Å². The smallest absolute Gasteiger partial charge is 0.0704 e. The Hall–Kier alpha value is 0.660. The van der Waals surface area contributed by atoms with Gasteiger partial charge in [-0.3, -0.25) is 0 Å². The first kappa shape index (κ1) is 15.7. The Labute approximate surface area is 126 Å². The molecule has 0 bridgehead atoms. The van der Waals surface area contributed by atoms with E-state index in [-0.39, 0.29) is 0 Å². The Morgan fingerprint density at radius 1 is 1.35 bits per heavy atom. The van der Waals surface area contributed by atoms with E-state index in [2.05, 4.69) is 72.5 Å². The molecule has 2 atom stereocenters. The Bertz CT molecular complexity index is 363. The highest BCUT2D eigenvalue weighted by Crippen LogP contribution is 2.39. The average molecular weight is 382 g/mol. The summed E-state index contributed by atoms with van der Waals surface area (Å²) in [6.07, 6.45) is 2.49. The van der Waals surface area contributed by atoms with Crippen molar-refractivity contribution < 1.29 is 0 Å². The molecule has 0 saturated heterocycles. The van der Waals surface area contributed by atoms with Crippen LogP contribution >= 0.6 is 43.2 Å². The Balaban J connectivity index is 2.60. The Kier molecular flexibility index (Phi) is 5.74. The van der Waals surface area contributed by atoms with E-state index in [0.717, 1.165) is 5.92 Å². The molecule has 0 aliphatic rings. The van der Waals surface area contributed by atoms with Crippen LogP contribution in [-0.2, 0) is 0 Å². The number of thiophene rings is 1. The van der Waals surface area contributed by atoms with E-state index in [4.69, 9.17) is 0 Å². The molecule has 0 fully saturated rings. The minimum absolute atomic E-state index is 0.427. The lowest BCUT2D eigenvalue weighted by Crippen LogP contribution is -2.12. The fraction of sp³-hybridized carbons (Fsp3) is 0.714. The molecule has 0 saturated carbocycles. The largest absolute Gasteiger partial charge is 0.133 e. The molecule has 1 aromatic heterocycles. The molecule has 0 radical (unpaired) electrons. The third-order valence-electron chi connectivity index (χ3n) is 2.83. The molecule has 1 aromatic rings. The summed E-state index contributed by atoms with van der Waals surface area (Å²) in [5.74, 6) is 0.748. The molecule has 1 heterocycles. The molecule has 0 aliphatic carbocycles. The third-order valence-corrected chi connectivity index (χ3v) is 5.27. The molecule has 0 nitrogen and oxygen atoms in total. The minimum atomic E-state index is 0.427. The van der Waals surface area contributed by atoms with Crippen molar-refractivity contribution in [3.63, 3.8) is 0 Å². The van der Waals surface area contributed by atoms with Gasteiger partial charge in [0.05, 0.1) is 3.79 Å². The normalized spacial score (nSPS) is 15.9. The van der Waals surface area contributed by atoms with E-state index >= 15 is 0 Å². The van der Waals surface area contributed by atoms with Gasteiger partial charge < -0.3 is 0 Å². The van der Waals surface area contributed by atoms with Crippen LogP contribution in [0.5, 0.6) is 0 Å². The van der Waals surface area contributed by atoms with Gasteiger partial charge in [0, 0.05) is 9.70 Å². The van der Waals surface area contributed by atoms with Crippen molar-refractivity contribution in [3.05, 3.63) is 20.3 Å². The van der Waals surface area contributed by atoms with E-state index in [1.54, 1.807) is 0 Å². The fourth-order valence-electron chi connectivity index (χ4n) is 2.38. The number of rotatable bonds is 4. The van der Waals surface area contributed by atoms with E-state index in [1.165, 1.54) is 27.1 Å². The van der Waals surface area contributed by atoms with Gasteiger partial charge in [0.1, 0.15) is 0 Å². The number of aryl methyl sites for hydroxylation is 1. The minimum Gasteiger partial charge on any atom is -0.133 e. The predicted molar refractivity (Wildman–Crippen MR) is 86.3 cm³/mol. The molecule has 0 amide bonds. The van der Waals surface area contributed by atoms with Crippen LogP contribution in [0.3, 0.4) is 0 Å². The third kappa shape index (κ3) is 5.44. The molecule has 0 aliphatic heterocycles. The zero-order chi connectivity index (χ0) is 13.2. The number of hydrogen-bond acceptors (Lipinski definition) is 1. The molecule has 1 rings (SSSR count). The number of halogens is 2. The second-order valence-corrected chi connectivity index (χ2v) is 9.88. The molecular formula is C14H22Br2S. The average Bonchev–Trinajstić information content (AvgIpc) is 2.41. The Morgan fingerprint density at radius 2 is 1.94 bits per heavy atom. The first-order chi connectivity index (χ1) is 7.69. The lowest BCUT2D eigenvalue weighted by atomic mass is 9.83.